The number of methoxy groups -OCH3 is 1. The van der Waals surface area contributed by atoms with Crippen LogP contribution in [0.15, 0.2) is 89.5 Å². The fourth-order valence-electron chi connectivity index (χ4n) is 5.48. The Morgan fingerprint density at radius 1 is 0.977 bits per heavy atom. The van der Waals surface area contributed by atoms with E-state index >= 15 is 0 Å². The number of ether oxygens (including phenoxy) is 1. The highest BCUT2D eigenvalue weighted by Gasteiger charge is 2.26. The van der Waals surface area contributed by atoms with Gasteiger partial charge in [0.15, 0.2) is 0 Å². The summed E-state index contributed by atoms with van der Waals surface area (Å²) in [6.07, 6.45) is 5.08. The van der Waals surface area contributed by atoms with E-state index in [-0.39, 0.29) is 6.54 Å². The maximum atomic E-state index is 13.9. The van der Waals surface area contributed by atoms with Gasteiger partial charge in [-0.2, -0.15) is 0 Å². The van der Waals surface area contributed by atoms with Crippen molar-refractivity contribution in [2.75, 3.05) is 31.6 Å². The molecule has 0 saturated carbocycles. The number of carboxylic acid groups (broad SMARTS) is 1. The number of rotatable bonds is 11. The molecular formula is C34H35BrN4O4. The van der Waals surface area contributed by atoms with E-state index in [0.29, 0.717) is 29.5 Å². The van der Waals surface area contributed by atoms with Gasteiger partial charge < -0.3 is 19.6 Å². The van der Waals surface area contributed by atoms with Crippen molar-refractivity contribution in [3.63, 3.8) is 0 Å². The first-order chi connectivity index (χ1) is 20.9. The van der Waals surface area contributed by atoms with Crippen LogP contribution in [0.5, 0.6) is 5.75 Å². The molecule has 1 fully saturated rings. The predicted molar refractivity (Wildman–Crippen MR) is 169 cm³/mol. The Kier molecular flexibility index (Phi) is 10.0. The lowest BCUT2D eigenvalue weighted by molar-refractivity contribution is -0.137. The summed E-state index contributed by atoms with van der Waals surface area (Å²) in [6, 6.07) is 25.7. The minimum atomic E-state index is -1.09. The number of aromatic nitrogens is 2. The average molecular weight is 644 g/mol. The van der Waals surface area contributed by atoms with Gasteiger partial charge in [0.25, 0.3) is 5.91 Å². The Morgan fingerprint density at radius 3 is 2.37 bits per heavy atom. The molecule has 1 N–H and O–H groups in total. The lowest BCUT2D eigenvalue weighted by Gasteiger charge is -2.32. The third-order valence-electron chi connectivity index (χ3n) is 7.76. The van der Waals surface area contributed by atoms with E-state index in [4.69, 9.17) is 9.72 Å². The summed E-state index contributed by atoms with van der Waals surface area (Å²) in [6.45, 7) is 1.37. The van der Waals surface area contributed by atoms with Crippen LogP contribution < -0.4 is 9.64 Å². The summed E-state index contributed by atoms with van der Waals surface area (Å²) in [5.74, 6) is 0.425. The Hall–Kier alpha value is -4.24. The molecule has 0 radical (unpaired) electrons. The van der Waals surface area contributed by atoms with Crippen LogP contribution in [0.3, 0.4) is 0 Å². The molecule has 0 spiro atoms. The summed E-state index contributed by atoms with van der Waals surface area (Å²) >= 11 is 3.46. The predicted octanol–water partition coefficient (Wildman–Crippen LogP) is 6.02. The smallest absolute Gasteiger partial charge is 0.323 e. The SMILES string of the molecule is COc1ccc(Cc2nc(N3CCC(Cc4ccccc4)CC3)ncc2C(=O)N(CC(=O)O)Cc2cccc(Br)c2)cc1. The van der Waals surface area contributed by atoms with Gasteiger partial charge in [0.05, 0.1) is 18.4 Å². The molecule has 43 heavy (non-hydrogen) atoms. The number of nitrogens with zero attached hydrogens (tertiary/aromatic N) is 4. The van der Waals surface area contributed by atoms with Crippen LogP contribution in [0.4, 0.5) is 5.95 Å². The third-order valence-corrected chi connectivity index (χ3v) is 8.25. The van der Waals surface area contributed by atoms with Crippen LogP contribution in [-0.2, 0) is 24.2 Å². The van der Waals surface area contributed by atoms with Crippen molar-refractivity contribution in [2.24, 2.45) is 5.92 Å². The molecular weight excluding hydrogens is 608 g/mol. The highest BCUT2D eigenvalue weighted by atomic mass is 79.9. The number of carbonyl (C=O) groups is 2. The van der Waals surface area contributed by atoms with Crippen LogP contribution in [-0.4, -0.2) is 58.6 Å². The Labute approximate surface area is 260 Å². The number of carboxylic acids is 1. The molecule has 222 valence electrons. The van der Waals surface area contributed by atoms with Crippen molar-refractivity contribution in [1.82, 2.24) is 14.9 Å². The van der Waals surface area contributed by atoms with Gasteiger partial charge in [-0.05, 0) is 66.1 Å². The summed E-state index contributed by atoms with van der Waals surface area (Å²) in [5, 5.41) is 9.64. The van der Waals surface area contributed by atoms with Gasteiger partial charge in [-0.15, -0.1) is 0 Å². The van der Waals surface area contributed by atoms with Crippen molar-refractivity contribution in [3.8, 4) is 5.75 Å². The average Bonchev–Trinajstić information content (AvgIpc) is 3.01. The first-order valence-corrected chi connectivity index (χ1v) is 15.2. The molecule has 0 aliphatic carbocycles. The quantitative estimate of drug-likeness (QED) is 0.214. The van der Waals surface area contributed by atoms with Crippen molar-refractivity contribution in [2.45, 2.75) is 32.2 Å². The molecule has 2 heterocycles. The van der Waals surface area contributed by atoms with Crippen LogP contribution in [0.2, 0.25) is 0 Å². The lowest BCUT2D eigenvalue weighted by atomic mass is 9.90. The van der Waals surface area contributed by atoms with E-state index in [2.05, 4.69) is 50.1 Å². The topological polar surface area (TPSA) is 95.9 Å². The molecule has 4 aromatic rings. The summed E-state index contributed by atoms with van der Waals surface area (Å²) < 4.78 is 6.16. The molecule has 0 unspecified atom stereocenters. The zero-order chi connectivity index (χ0) is 30.2. The van der Waals surface area contributed by atoms with Gasteiger partial charge in [0.1, 0.15) is 12.3 Å². The molecule has 1 amide bonds. The monoisotopic (exact) mass is 642 g/mol. The number of piperidine rings is 1. The van der Waals surface area contributed by atoms with Crippen molar-refractivity contribution in [1.29, 1.82) is 0 Å². The molecule has 0 bridgehead atoms. The summed E-state index contributed by atoms with van der Waals surface area (Å²) in [4.78, 5) is 38.8. The molecule has 9 heteroatoms. The van der Waals surface area contributed by atoms with E-state index in [1.165, 1.54) is 10.5 Å². The van der Waals surface area contributed by atoms with Gasteiger partial charge in [0.2, 0.25) is 5.95 Å². The second-order valence-electron chi connectivity index (χ2n) is 10.9. The summed E-state index contributed by atoms with van der Waals surface area (Å²) in [7, 11) is 1.62. The fraction of sp³-hybridized carbons (Fsp3) is 0.294. The van der Waals surface area contributed by atoms with Gasteiger partial charge in [-0.25, -0.2) is 9.97 Å². The van der Waals surface area contributed by atoms with Gasteiger partial charge >= 0.3 is 5.97 Å². The minimum Gasteiger partial charge on any atom is -0.497 e. The molecule has 1 aliphatic rings. The molecule has 1 aromatic heterocycles. The number of halogens is 1. The van der Waals surface area contributed by atoms with Crippen molar-refractivity contribution < 1.29 is 19.4 Å². The first-order valence-electron chi connectivity index (χ1n) is 14.4. The maximum absolute atomic E-state index is 13.9. The zero-order valence-corrected chi connectivity index (χ0v) is 25.7. The molecule has 1 aliphatic heterocycles. The van der Waals surface area contributed by atoms with Crippen LogP contribution in [0.25, 0.3) is 0 Å². The van der Waals surface area contributed by atoms with Crippen molar-refractivity contribution >= 4 is 33.8 Å². The number of hydrogen-bond donors (Lipinski definition) is 1. The number of amides is 1. The molecule has 0 atom stereocenters. The Morgan fingerprint density at radius 2 is 1.70 bits per heavy atom. The Bertz CT molecular complexity index is 1540. The van der Waals surface area contributed by atoms with Gasteiger partial charge in [0, 0.05) is 36.7 Å². The van der Waals surface area contributed by atoms with E-state index in [9.17, 15) is 14.7 Å². The zero-order valence-electron chi connectivity index (χ0n) is 24.2. The number of benzene rings is 3. The second-order valence-corrected chi connectivity index (χ2v) is 11.8. The maximum Gasteiger partial charge on any atom is 0.323 e. The number of anilines is 1. The fourth-order valence-corrected chi connectivity index (χ4v) is 5.93. The third kappa shape index (κ3) is 8.20. The van der Waals surface area contributed by atoms with Gasteiger partial charge in [-0.3, -0.25) is 9.59 Å². The minimum absolute atomic E-state index is 0.142. The van der Waals surface area contributed by atoms with E-state index in [0.717, 1.165) is 53.7 Å². The largest absolute Gasteiger partial charge is 0.497 e. The molecule has 5 rings (SSSR count). The highest BCUT2D eigenvalue weighted by molar-refractivity contribution is 9.10. The number of carbonyl (C=O) groups excluding carboxylic acids is 1. The highest BCUT2D eigenvalue weighted by Crippen LogP contribution is 2.26. The number of hydrogen-bond acceptors (Lipinski definition) is 6. The number of aliphatic carboxylic acids is 1. The van der Waals surface area contributed by atoms with Crippen molar-refractivity contribution in [3.05, 3.63) is 117 Å². The summed E-state index contributed by atoms with van der Waals surface area (Å²) in [5.41, 5.74) is 4.00. The second kappa shape index (κ2) is 14.3. The molecule has 1 saturated heterocycles. The van der Waals surface area contributed by atoms with E-state index in [1.807, 2.05) is 54.6 Å². The van der Waals surface area contributed by atoms with Gasteiger partial charge in [-0.1, -0.05) is 70.5 Å². The van der Waals surface area contributed by atoms with E-state index in [1.54, 1.807) is 13.3 Å². The van der Waals surface area contributed by atoms with Crippen LogP contribution in [0, 0.1) is 5.92 Å². The normalized spacial score (nSPS) is 13.5. The first kappa shape index (κ1) is 30.2. The van der Waals surface area contributed by atoms with Crippen LogP contribution >= 0.6 is 15.9 Å². The molecule has 3 aromatic carbocycles. The Balaban J connectivity index is 1.40. The van der Waals surface area contributed by atoms with Crippen LogP contribution in [0.1, 0.15) is 45.6 Å². The standard InChI is InChI=1S/C34H35BrN4O4/c1-43-29-12-10-25(11-13-29)20-31-30(33(42)39(23-32(40)41)22-27-8-5-9-28(35)19-27)21-36-34(37-31)38-16-14-26(15-17-38)18-24-6-3-2-4-7-24/h2-13,19,21,26H,14-18,20,22-23H2,1H3,(H,40,41). The lowest BCUT2D eigenvalue weighted by Crippen LogP contribution is -2.37. The van der Waals surface area contributed by atoms with E-state index < -0.39 is 18.4 Å². The molecule has 8 nitrogen and oxygen atoms in total.